The van der Waals surface area contributed by atoms with Gasteiger partial charge in [0.1, 0.15) is 4.90 Å². The van der Waals surface area contributed by atoms with Crippen LogP contribution in [0.25, 0.3) is 0 Å². The Morgan fingerprint density at radius 3 is 2.28 bits per heavy atom. The average Bonchev–Trinajstić information content (AvgIpc) is 3.40. The molecule has 210 valence electrons. The predicted molar refractivity (Wildman–Crippen MR) is 147 cm³/mol. The van der Waals surface area contributed by atoms with Crippen LogP contribution < -0.4 is 5.32 Å². The molecule has 1 N–H and O–H groups in total. The van der Waals surface area contributed by atoms with Crippen LogP contribution in [-0.2, 0) is 24.8 Å². The number of nitrogens with one attached hydrogen (secondary N) is 1. The van der Waals surface area contributed by atoms with E-state index in [1.807, 2.05) is 0 Å². The van der Waals surface area contributed by atoms with Crippen LogP contribution in [0.1, 0.15) is 50.4 Å². The molecule has 4 aliphatic rings. The molecule has 0 radical (unpaired) electrons. The van der Waals surface area contributed by atoms with Crippen LogP contribution in [0.15, 0.2) is 52.3 Å². The highest BCUT2D eigenvalue weighted by atomic mass is 35.5. The van der Waals surface area contributed by atoms with Gasteiger partial charge in [0.05, 0.1) is 28.7 Å². The van der Waals surface area contributed by atoms with Crippen LogP contribution in [0.3, 0.4) is 0 Å². The third kappa shape index (κ3) is 4.07. The Morgan fingerprint density at radius 2 is 1.64 bits per heavy atom. The summed E-state index contributed by atoms with van der Waals surface area (Å²) in [6.45, 7) is 7.67. The van der Waals surface area contributed by atoms with Gasteiger partial charge in [0, 0.05) is 30.4 Å². The molecule has 4 unspecified atom stereocenters. The number of anilines is 1. The lowest BCUT2D eigenvalue weighted by molar-refractivity contribution is 0.0730. The monoisotopic (exact) mass is 593 g/mol. The fraction of sp³-hybridized carbons (Fsp3) is 0.519. The Kier molecular flexibility index (Phi) is 6.09. The Balaban J connectivity index is 1.18. The maximum Gasteiger partial charge on any atom is 0.255 e. The lowest BCUT2D eigenvalue weighted by Gasteiger charge is -2.39. The average molecular weight is 594 g/mol. The van der Waals surface area contributed by atoms with Gasteiger partial charge >= 0.3 is 0 Å². The van der Waals surface area contributed by atoms with Gasteiger partial charge < -0.3 is 10.1 Å². The first-order chi connectivity index (χ1) is 18.2. The second-order valence-corrected chi connectivity index (χ2v) is 16.3. The smallest absolute Gasteiger partial charge is 0.255 e. The first-order valence-electron chi connectivity index (χ1n) is 13.0. The summed E-state index contributed by atoms with van der Waals surface area (Å²) >= 11 is 6.22. The minimum Gasteiger partial charge on any atom is -0.379 e. The zero-order valence-electron chi connectivity index (χ0n) is 22.1. The number of halogens is 1. The largest absolute Gasteiger partial charge is 0.379 e. The number of sulfonamides is 2. The van der Waals surface area contributed by atoms with E-state index in [0.717, 1.165) is 19.3 Å². The van der Waals surface area contributed by atoms with E-state index in [1.165, 1.54) is 46.8 Å². The van der Waals surface area contributed by atoms with E-state index in [2.05, 4.69) is 26.1 Å². The standard InChI is InChI=1S/C27H32ClN3O6S2/c1-25(2)16-26(3)15-23-27(26,17-25)31(23)38(33,34)20-7-4-18(5-8-20)24(32)29-19-6-9-21(28)22(14-19)39(35,36)30-10-12-37-13-11-30/h4-9,14,23H,10-13,15-17H2,1-3H3,(H,29,32). The number of hydrogen-bond donors (Lipinski definition) is 1. The van der Waals surface area contributed by atoms with Gasteiger partial charge in [-0.15, -0.1) is 0 Å². The zero-order valence-corrected chi connectivity index (χ0v) is 24.5. The van der Waals surface area contributed by atoms with E-state index in [4.69, 9.17) is 16.3 Å². The fourth-order valence-corrected chi connectivity index (χ4v) is 11.4. The van der Waals surface area contributed by atoms with Gasteiger partial charge in [-0.3, -0.25) is 4.79 Å². The molecule has 2 saturated carbocycles. The van der Waals surface area contributed by atoms with Crippen molar-refractivity contribution in [1.82, 2.24) is 8.61 Å². The molecule has 2 saturated heterocycles. The van der Waals surface area contributed by atoms with Gasteiger partial charge in [0.2, 0.25) is 20.0 Å². The molecule has 0 aromatic heterocycles. The summed E-state index contributed by atoms with van der Waals surface area (Å²) in [5.41, 5.74) is 0.356. The summed E-state index contributed by atoms with van der Waals surface area (Å²) in [5, 5.41) is 2.75. The number of hydrogen-bond acceptors (Lipinski definition) is 6. The number of carbonyl (C=O) groups excluding carboxylic acids is 1. The third-order valence-electron chi connectivity index (χ3n) is 8.92. The van der Waals surface area contributed by atoms with Crippen molar-refractivity contribution in [2.45, 2.75) is 61.4 Å². The number of ether oxygens (including phenoxy) is 1. The Bertz CT molecular complexity index is 1570. The molecule has 2 aromatic rings. The van der Waals surface area contributed by atoms with Crippen molar-refractivity contribution in [3.63, 3.8) is 0 Å². The van der Waals surface area contributed by atoms with Crippen molar-refractivity contribution in [3.05, 3.63) is 53.1 Å². The molecule has 6 rings (SSSR count). The number of rotatable bonds is 6. The fourth-order valence-electron chi connectivity index (χ4n) is 7.42. The molecular formula is C27H32ClN3O6S2. The molecule has 1 amide bonds. The summed E-state index contributed by atoms with van der Waals surface area (Å²) in [7, 11) is -7.55. The number of benzene rings is 2. The van der Waals surface area contributed by atoms with Crippen molar-refractivity contribution in [3.8, 4) is 0 Å². The molecular weight excluding hydrogens is 562 g/mol. The number of amides is 1. The van der Waals surface area contributed by atoms with Crippen LogP contribution in [0, 0.1) is 10.8 Å². The molecule has 4 fully saturated rings. The predicted octanol–water partition coefficient (Wildman–Crippen LogP) is 3.95. The van der Waals surface area contributed by atoms with Crippen LogP contribution in [0.4, 0.5) is 5.69 Å². The molecule has 2 aliphatic carbocycles. The Hall–Kier alpha value is -2.02. The van der Waals surface area contributed by atoms with E-state index in [-0.39, 0.29) is 61.6 Å². The quantitative estimate of drug-likeness (QED) is 0.508. The van der Waals surface area contributed by atoms with Crippen molar-refractivity contribution in [2.24, 2.45) is 10.8 Å². The third-order valence-corrected chi connectivity index (χ3v) is 13.3. The first kappa shape index (κ1) is 27.2. The minimum absolute atomic E-state index is 0.0146. The van der Waals surface area contributed by atoms with E-state index < -0.39 is 26.0 Å². The number of carbonyl (C=O) groups is 1. The van der Waals surface area contributed by atoms with Gasteiger partial charge in [-0.2, -0.15) is 8.61 Å². The molecule has 2 heterocycles. The van der Waals surface area contributed by atoms with Crippen LogP contribution in [0.5, 0.6) is 0 Å². The van der Waals surface area contributed by atoms with E-state index in [0.29, 0.717) is 13.2 Å². The van der Waals surface area contributed by atoms with Gasteiger partial charge in [0.15, 0.2) is 0 Å². The molecule has 12 heteroatoms. The summed E-state index contributed by atoms with van der Waals surface area (Å²) < 4.78 is 61.5. The lowest BCUT2D eigenvalue weighted by atomic mass is 9.63. The van der Waals surface area contributed by atoms with E-state index in [9.17, 15) is 21.6 Å². The second-order valence-electron chi connectivity index (χ2n) is 12.2. The molecule has 0 bridgehead atoms. The Labute approximate surface area is 234 Å². The van der Waals surface area contributed by atoms with Gasteiger partial charge in [-0.05, 0) is 72.6 Å². The summed E-state index contributed by atoms with van der Waals surface area (Å²) in [5.74, 6) is -0.494. The van der Waals surface area contributed by atoms with Gasteiger partial charge in [0.25, 0.3) is 5.91 Å². The van der Waals surface area contributed by atoms with Gasteiger partial charge in [-0.25, -0.2) is 16.8 Å². The maximum atomic E-state index is 13.6. The molecule has 4 atom stereocenters. The summed E-state index contributed by atoms with van der Waals surface area (Å²) in [6.07, 6.45) is 2.77. The maximum absolute atomic E-state index is 13.6. The van der Waals surface area contributed by atoms with Crippen LogP contribution in [0.2, 0.25) is 5.02 Å². The first-order valence-corrected chi connectivity index (χ1v) is 16.3. The van der Waals surface area contributed by atoms with Crippen molar-refractivity contribution in [2.75, 3.05) is 31.6 Å². The highest BCUT2D eigenvalue weighted by molar-refractivity contribution is 7.89. The number of nitrogens with zero attached hydrogens (tertiary/aromatic N) is 2. The molecule has 9 nitrogen and oxygen atoms in total. The normalized spacial score (nSPS) is 31.6. The minimum atomic E-state index is -3.86. The van der Waals surface area contributed by atoms with Crippen LogP contribution >= 0.6 is 11.6 Å². The molecule has 2 aromatic carbocycles. The Morgan fingerprint density at radius 1 is 0.974 bits per heavy atom. The van der Waals surface area contributed by atoms with Crippen LogP contribution in [-0.4, -0.2) is 69.2 Å². The van der Waals surface area contributed by atoms with Gasteiger partial charge in [-0.1, -0.05) is 32.4 Å². The summed E-state index contributed by atoms with van der Waals surface area (Å²) in [4.78, 5) is 13.0. The van der Waals surface area contributed by atoms with Crippen molar-refractivity contribution in [1.29, 1.82) is 0 Å². The van der Waals surface area contributed by atoms with Crippen molar-refractivity contribution >= 4 is 43.2 Å². The SMILES string of the molecule is CC1(C)CC2(C)CC3N(S(=O)(=O)c4ccc(C(=O)Nc5ccc(Cl)c(S(=O)(=O)N6CCOCC6)c5)cc4)C32C1. The molecule has 2 aliphatic heterocycles. The van der Waals surface area contributed by atoms with Crippen molar-refractivity contribution < 1.29 is 26.4 Å². The lowest BCUT2D eigenvalue weighted by Crippen LogP contribution is -2.43. The molecule has 39 heavy (non-hydrogen) atoms. The zero-order chi connectivity index (χ0) is 28.0. The topological polar surface area (TPSA) is 113 Å². The van der Waals surface area contributed by atoms with E-state index in [1.54, 1.807) is 4.31 Å². The second kappa shape index (κ2) is 8.74. The highest BCUT2D eigenvalue weighted by Gasteiger charge is 2.86. The van der Waals surface area contributed by atoms with E-state index >= 15 is 0 Å². The molecule has 1 spiro atoms. The highest BCUT2D eigenvalue weighted by Crippen LogP contribution is 2.79. The summed E-state index contributed by atoms with van der Waals surface area (Å²) in [6, 6.07) is 10.2. The number of morpholine rings is 1.